The van der Waals surface area contributed by atoms with Crippen LogP contribution in [0.4, 0.5) is 22.0 Å². The topological polar surface area (TPSA) is 116 Å². The molecule has 0 saturated heterocycles. The van der Waals surface area contributed by atoms with Crippen molar-refractivity contribution < 1.29 is 45.8 Å². The van der Waals surface area contributed by atoms with Gasteiger partial charge in [-0.3, -0.25) is 9.59 Å². The summed E-state index contributed by atoms with van der Waals surface area (Å²) in [5, 5.41) is 8.65. The third-order valence-corrected chi connectivity index (χ3v) is 4.81. The zero-order valence-corrected chi connectivity index (χ0v) is 17.6. The summed E-state index contributed by atoms with van der Waals surface area (Å²) in [6, 6.07) is 5.38. The fourth-order valence-corrected chi connectivity index (χ4v) is 3.17. The van der Waals surface area contributed by atoms with Crippen molar-refractivity contribution in [3.8, 4) is 17.0 Å². The lowest BCUT2D eigenvalue weighted by molar-refractivity contribution is -0.138. The van der Waals surface area contributed by atoms with Gasteiger partial charge in [0.2, 0.25) is 11.1 Å². The minimum atomic E-state index is -4.56. The molecule has 1 aromatic heterocycles. The van der Waals surface area contributed by atoms with E-state index < -0.39 is 59.1 Å². The maximum atomic E-state index is 14.6. The van der Waals surface area contributed by atoms with E-state index in [4.69, 9.17) is 31.6 Å². The number of alkyl halides is 3. The Bertz CT molecular complexity index is 1230. The molecule has 0 saturated carbocycles. The summed E-state index contributed by atoms with van der Waals surface area (Å²) in [4.78, 5) is 26.5. The Kier molecular flexibility index (Phi) is 7.10. The van der Waals surface area contributed by atoms with E-state index in [0.717, 1.165) is 36.4 Å². The molecule has 0 bridgehead atoms. The Labute approximate surface area is 192 Å². The summed E-state index contributed by atoms with van der Waals surface area (Å²) in [5.74, 6) is -6.27. The number of aromatic nitrogens is 1. The molecule has 34 heavy (non-hydrogen) atoms. The van der Waals surface area contributed by atoms with Gasteiger partial charge in [-0.25, -0.2) is 13.8 Å². The summed E-state index contributed by atoms with van der Waals surface area (Å²) in [6.45, 7) is 0. The first kappa shape index (κ1) is 25.0. The summed E-state index contributed by atoms with van der Waals surface area (Å²) >= 11 is 6.03. The second-order valence-electron chi connectivity index (χ2n) is 6.89. The molecule has 7 nitrogen and oxygen atoms in total. The summed E-state index contributed by atoms with van der Waals surface area (Å²) < 4.78 is 77.4. The first-order valence-electron chi connectivity index (χ1n) is 9.38. The minimum Gasteiger partial charge on any atom is -0.481 e. The number of rotatable bonds is 8. The monoisotopic (exact) mass is 504 g/mol. The van der Waals surface area contributed by atoms with Crippen LogP contribution in [-0.4, -0.2) is 22.0 Å². The van der Waals surface area contributed by atoms with E-state index in [2.05, 4.69) is 4.98 Å². The predicted molar refractivity (Wildman–Crippen MR) is 107 cm³/mol. The Morgan fingerprint density at radius 1 is 1.15 bits per heavy atom. The molecule has 1 unspecified atom stereocenters. The van der Waals surface area contributed by atoms with Gasteiger partial charge in [0.05, 0.1) is 5.56 Å². The number of halogens is 6. The van der Waals surface area contributed by atoms with Crippen molar-refractivity contribution in [3.63, 3.8) is 0 Å². The van der Waals surface area contributed by atoms with Crippen LogP contribution in [0.1, 0.15) is 40.8 Å². The van der Waals surface area contributed by atoms with E-state index in [0.29, 0.717) is 0 Å². The largest absolute Gasteiger partial charge is 0.481 e. The number of primary amides is 1. The van der Waals surface area contributed by atoms with Crippen molar-refractivity contribution in [1.29, 1.82) is 0 Å². The maximum Gasteiger partial charge on any atom is 0.416 e. The highest BCUT2D eigenvalue weighted by atomic mass is 35.5. The fraction of sp³-hybridized carbons (Fsp3) is 0.190. The standard InChI is InChI=1S/C21H14ClF5N2O5/c22-18-17(9-1-3-10(4-2-9)21(25,26)27)29-20(34-18)13(7-8-14(30)31)33-12-6-5-11(23)15(16(12)24)19(28)32/h1-6,13H,7-8H2,(H2,28,32)(H,30,31). The lowest BCUT2D eigenvalue weighted by Crippen LogP contribution is -2.17. The molecule has 3 aromatic rings. The molecule has 0 radical (unpaired) electrons. The van der Waals surface area contributed by atoms with Gasteiger partial charge in [0, 0.05) is 18.4 Å². The zero-order chi connectivity index (χ0) is 25.2. The van der Waals surface area contributed by atoms with Crippen molar-refractivity contribution in [3.05, 3.63) is 70.3 Å². The number of amides is 1. The van der Waals surface area contributed by atoms with Gasteiger partial charge in [-0.05, 0) is 35.9 Å². The molecule has 3 rings (SSSR count). The van der Waals surface area contributed by atoms with Gasteiger partial charge < -0.3 is 20.0 Å². The van der Waals surface area contributed by atoms with Crippen molar-refractivity contribution >= 4 is 23.5 Å². The Morgan fingerprint density at radius 3 is 2.35 bits per heavy atom. The normalized spacial score (nSPS) is 12.4. The number of benzene rings is 2. The van der Waals surface area contributed by atoms with Crippen LogP contribution in [0.25, 0.3) is 11.3 Å². The SMILES string of the molecule is NC(=O)c1c(F)ccc(OC(CCC(=O)O)c2nc(-c3ccc(C(F)(F)F)cc3)c(Cl)o2)c1F. The molecule has 0 aliphatic rings. The average Bonchev–Trinajstić information content (AvgIpc) is 3.13. The average molecular weight is 505 g/mol. The van der Waals surface area contributed by atoms with Crippen molar-refractivity contribution in [2.75, 3.05) is 0 Å². The molecule has 0 aliphatic heterocycles. The van der Waals surface area contributed by atoms with Crippen LogP contribution in [0, 0.1) is 11.6 Å². The molecule has 0 fully saturated rings. The first-order valence-corrected chi connectivity index (χ1v) is 9.76. The van der Waals surface area contributed by atoms with Crippen molar-refractivity contribution in [2.45, 2.75) is 25.1 Å². The van der Waals surface area contributed by atoms with Gasteiger partial charge >= 0.3 is 12.1 Å². The number of ether oxygens (including phenoxy) is 1. The van der Waals surface area contributed by atoms with E-state index in [-0.39, 0.29) is 28.8 Å². The number of carbonyl (C=O) groups is 2. The summed E-state index contributed by atoms with van der Waals surface area (Å²) in [7, 11) is 0. The first-order chi connectivity index (χ1) is 15.9. The number of aliphatic carboxylic acids is 1. The van der Waals surface area contributed by atoms with Crippen molar-refractivity contribution in [2.24, 2.45) is 5.73 Å². The van der Waals surface area contributed by atoms with Crippen LogP contribution < -0.4 is 10.5 Å². The fourth-order valence-electron chi connectivity index (χ4n) is 2.94. The van der Waals surface area contributed by atoms with Gasteiger partial charge in [-0.2, -0.15) is 13.2 Å². The molecule has 1 heterocycles. The number of hydrogen-bond acceptors (Lipinski definition) is 5. The summed E-state index contributed by atoms with van der Waals surface area (Å²) in [6.07, 6.45) is -6.75. The van der Waals surface area contributed by atoms with E-state index in [9.17, 15) is 31.5 Å². The quantitative estimate of drug-likeness (QED) is 0.398. The van der Waals surface area contributed by atoms with Gasteiger partial charge in [0.1, 0.15) is 17.1 Å². The van der Waals surface area contributed by atoms with E-state index in [1.807, 2.05) is 0 Å². The minimum absolute atomic E-state index is 0.0771. The maximum absolute atomic E-state index is 14.6. The smallest absolute Gasteiger partial charge is 0.416 e. The molecular weight excluding hydrogens is 491 g/mol. The molecule has 1 atom stereocenters. The second-order valence-corrected chi connectivity index (χ2v) is 7.23. The second kappa shape index (κ2) is 9.67. The third kappa shape index (κ3) is 5.45. The van der Waals surface area contributed by atoms with Crippen molar-refractivity contribution in [1.82, 2.24) is 4.98 Å². The molecule has 0 aliphatic carbocycles. The van der Waals surface area contributed by atoms with E-state index in [1.54, 1.807) is 0 Å². The Balaban J connectivity index is 1.97. The van der Waals surface area contributed by atoms with Crippen LogP contribution in [0.3, 0.4) is 0 Å². The molecule has 0 spiro atoms. The Hall–Kier alpha value is -3.67. The number of carbonyl (C=O) groups excluding carboxylic acids is 1. The Morgan fingerprint density at radius 2 is 1.79 bits per heavy atom. The molecule has 2 aromatic carbocycles. The lowest BCUT2D eigenvalue weighted by atomic mass is 10.1. The number of carboxylic acids is 1. The molecule has 13 heteroatoms. The van der Waals surface area contributed by atoms with Gasteiger partial charge in [-0.1, -0.05) is 12.1 Å². The molecule has 3 N–H and O–H groups in total. The van der Waals surface area contributed by atoms with E-state index in [1.165, 1.54) is 0 Å². The summed E-state index contributed by atoms with van der Waals surface area (Å²) in [5.41, 5.74) is 3.08. The zero-order valence-electron chi connectivity index (χ0n) is 16.8. The number of oxazole rings is 1. The highest BCUT2D eigenvalue weighted by molar-refractivity contribution is 6.31. The van der Waals surface area contributed by atoms with Gasteiger partial charge in [0.25, 0.3) is 5.91 Å². The highest BCUT2D eigenvalue weighted by Crippen LogP contribution is 2.36. The van der Waals surface area contributed by atoms with Crippen LogP contribution in [0.5, 0.6) is 5.75 Å². The number of nitrogens with two attached hydrogens (primary N) is 1. The predicted octanol–water partition coefficient (Wildman–Crippen LogP) is 5.38. The highest BCUT2D eigenvalue weighted by Gasteiger charge is 2.31. The molecule has 1 amide bonds. The van der Waals surface area contributed by atoms with Crippen LogP contribution in [-0.2, 0) is 11.0 Å². The third-order valence-electron chi connectivity index (χ3n) is 4.56. The molecular formula is C21H14ClF5N2O5. The van der Waals surface area contributed by atoms with Crippen LogP contribution >= 0.6 is 11.6 Å². The van der Waals surface area contributed by atoms with Crippen LogP contribution in [0.2, 0.25) is 5.22 Å². The number of nitrogens with zero attached hydrogens (tertiary/aromatic N) is 1. The van der Waals surface area contributed by atoms with Gasteiger partial charge in [0.15, 0.2) is 17.7 Å². The van der Waals surface area contributed by atoms with E-state index >= 15 is 0 Å². The lowest BCUT2D eigenvalue weighted by Gasteiger charge is -2.17. The number of hydrogen-bond donors (Lipinski definition) is 2. The number of carboxylic acid groups (broad SMARTS) is 1. The van der Waals surface area contributed by atoms with Crippen LogP contribution in [0.15, 0.2) is 40.8 Å². The molecule has 180 valence electrons. The van der Waals surface area contributed by atoms with Gasteiger partial charge in [-0.15, -0.1) is 0 Å².